The molecule has 1 unspecified atom stereocenters. The van der Waals surface area contributed by atoms with Gasteiger partial charge in [-0.1, -0.05) is 45.8 Å². The lowest BCUT2D eigenvalue weighted by Gasteiger charge is -2.47. The molecule has 0 aromatic rings. The van der Waals surface area contributed by atoms with Crippen molar-refractivity contribution in [2.75, 3.05) is 0 Å². The van der Waals surface area contributed by atoms with Gasteiger partial charge in [-0.2, -0.15) is 0 Å². The largest absolute Gasteiger partial charge is 0.100 e. The Bertz CT molecular complexity index is 209. The molecule has 1 aliphatic carbocycles. The van der Waals surface area contributed by atoms with Gasteiger partial charge in [0.25, 0.3) is 0 Å². The van der Waals surface area contributed by atoms with Gasteiger partial charge in [0.05, 0.1) is 0 Å². The maximum Gasteiger partial charge on any atom is 0.100 e. The Morgan fingerprint density at radius 2 is 1.67 bits per heavy atom. The van der Waals surface area contributed by atoms with Crippen molar-refractivity contribution in [2.24, 2.45) is 23.2 Å². The van der Waals surface area contributed by atoms with E-state index in [-0.39, 0.29) is 0 Å². The van der Waals surface area contributed by atoms with Crippen LogP contribution < -0.4 is 0 Å². The second-order valence-corrected chi connectivity index (χ2v) is 7.55. The summed E-state index contributed by atoms with van der Waals surface area (Å²) < 4.78 is 0. The van der Waals surface area contributed by atoms with Crippen molar-refractivity contribution in [1.82, 2.24) is 0 Å². The van der Waals surface area contributed by atoms with Gasteiger partial charge in [-0.3, -0.25) is 0 Å². The van der Waals surface area contributed by atoms with E-state index in [1.807, 2.05) is 0 Å². The van der Waals surface area contributed by atoms with Crippen LogP contribution in [0.25, 0.3) is 0 Å². The molecule has 1 aliphatic rings. The summed E-state index contributed by atoms with van der Waals surface area (Å²) in [6.07, 6.45) is 4.39. The van der Waals surface area contributed by atoms with Gasteiger partial charge in [0, 0.05) is 0 Å². The molecule has 1 fully saturated rings. The molecule has 1 rings (SSSR count). The summed E-state index contributed by atoms with van der Waals surface area (Å²) in [6, 6.07) is 0. The normalized spacial score (nSPS) is 29.7. The minimum absolute atomic E-state index is 0.418. The molecule has 0 saturated heterocycles. The van der Waals surface area contributed by atoms with Gasteiger partial charge < -0.3 is 0 Å². The molecule has 2 heteroatoms. The molecule has 86 valence electrons. The van der Waals surface area contributed by atoms with Crippen LogP contribution in [0.2, 0.25) is 5.21 Å². The van der Waals surface area contributed by atoms with Crippen molar-refractivity contribution in [3.05, 3.63) is 0 Å². The van der Waals surface area contributed by atoms with Crippen molar-refractivity contribution >= 4 is 15.7 Å². The standard InChI is InChI=1S/C13H28B2/c1-9-6-11(7-9)8-10(2)13(14,15)12(3,4)5/h9-11H,6-8,14-15H2,1-5H3. The molecule has 0 N–H and O–H groups in total. The van der Waals surface area contributed by atoms with Crippen molar-refractivity contribution in [3.63, 3.8) is 0 Å². The van der Waals surface area contributed by atoms with E-state index in [4.69, 9.17) is 0 Å². The smallest absolute Gasteiger partial charge is 0.0774 e. The van der Waals surface area contributed by atoms with E-state index < -0.39 is 0 Å². The highest BCUT2D eigenvalue weighted by Gasteiger charge is 2.39. The monoisotopic (exact) mass is 206 g/mol. The van der Waals surface area contributed by atoms with E-state index in [9.17, 15) is 0 Å². The third-order valence-electron chi connectivity index (χ3n) is 5.32. The summed E-state index contributed by atoms with van der Waals surface area (Å²) in [5.41, 5.74) is 0.418. The predicted octanol–water partition coefficient (Wildman–Crippen LogP) is 2.49. The molecule has 0 aliphatic heterocycles. The molecule has 0 heterocycles. The topological polar surface area (TPSA) is 0 Å². The van der Waals surface area contributed by atoms with Crippen LogP contribution in [0.4, 0.5) is 0 Å². The zero-order valence-electron chi connectivity index (χ0n) is 11.9. The van der Waals surface area contributed by atoms with Crippen molar-refractivity contribution in [3.8, 4) is 0 Å². The average molecular weight is 206 g/mol. The van der Waals surface area contributed by atoms with Crippen LogP contribution in [-0.4, -0.2) is 15.7 Å². The van der Waals surface area contributed by atoms with Crippen LogP contribution in [0, 0.1) is 23.2 Å². The molecule has 0 radical (unpaired) electrons. The summed E-state index contributed by atoms with van der Waals surface area (Å²) in [5, 5.41) is 0.450. The summed E-state index contributed by atoms with van der Waals surface area (Å²) in [6.45, 7) is 12.0. The molecule has 0 aromatic carbocycles. The van der Waals surface area contributed by atoms with Gasteiger partial charge in [-0.15, -0.1) is 0 Å². The highest BCUT2D eigenvalue weighted by Crippen LogP contribution is 2.50. The molecule has 1 saturated carbocycles. The summed E-state index contributed by atoms with van der Waals surface area (Å²) in [7, 11) is 4.89. The molecule has 0 nitrogen and oxygen atoms in total. The Morgan fingerprint density at radius 3 is 2.00 bits per heavy atom. The lowest BCUT2D eigenvalue weighted by atomic mass is 9.38. The van der Waals surface area contributed by atoms with E-state index in [1.54, 1.807) is 0 Å². The minimum atomic E-state index is 0.418. The molecule has 0 amide bonds. The zero-order chi connectivity index (χ0) is 11.9. The Kier molecular flexibility index (Phi) is 3.68. The maximum atomic E-state index is 2.45. The predicted molar refractivity (Wildman–Crippen MR) is 74.9 cm³/mol. The van der Waals surface area contributed by atoms with E-state index in [0.29, 0.717) is 10.6 Å². The average Bonchev–Trinajstić information content (AvgIpc) is 1.99. The highest BCUT2D eigenvalue weighted by atomic mass is 14.4. The van der Waals surface area contributed by atoms with Crippen molar-refractivity contribution < 1.29 is 0 Å². The first kappa shape index (κ1) is 13.2. The van der Waals surface area contributed by atoms with E-state index >= 15 is 0 Å². The number of hydrogen-bond donors (Lipinski definition) is 0. The lowest BCUT2D eigenvalue weighted by Crippen LogP contribution is -2.37. The van der Waals surface area contributed by atoms with Gasteiger partial charge in [0.15, 0.2) is 0 Å². The fourth-order valence-electron chi connectivity index (χ4n) is 2.80. The van der Waals surface area contributed by atoms with Crippen LogP contribution in [0.1, 0.15) is 53.9 Å². The Morgan fingerprint density at radius 1 is 1.20 bits per heavy atom. The van der Waals surface area contributed by atoms with Gasteiger partial charge in [0.2, 0.25) is 0 Å². The summed E-state index contributed by atoms with van der Waals surface area (Å²) in [4.78, 5) is 0. The second kappa shape index (κ2) is 4.18. The molecular weight excluding hydrogens is 178 g/mol. The SMILES string of the molecule is BC(B)(C(C)CC1CC(C)C1)C(C)(C)C. The minimum Gasteiger partial charge on any atom is -0.0774 e. The molecule has 15 heavy (non-hydrogen) atoms. The number of hydrogen-bond acceptors (Lipinski definition) is 0. The first-order chi connectivity index (χ1) is 6.64. The van der Waals surface area contributed by atoms with Crippen LogP contribution in [0.3, 0.4) is 0 Å². The molecule has 1 atom stereocenters. The number of rotatable bonds is 3. The molecule has 0 spiro atoms. The second-order valence-electron chi connectivity index (χ2n) is 7.55. The van der Waals surface area contributed by atoms with Gasteiger partial charge in [0.1, 0.15) is 15.7 Å². The first-order valence-corrected chi connectivity index (χ1v) is 6.64. The Labute approximate surface area is 98.4 Å². The van der Waals surface area contributed by atoms with Gasteiger partial charge in [-0.25, -0.2) is 0 Å². The van der Waals surface area contributed by atoms with Gasteiger partial charge in [-0.05, 0) is 36.5 Å². The van der Waals surface area contributed by atoms with E-state index in [1.165, 1.54) is 19.3 Å². The van der Waals surface area contributed by atoms with Crippen LogP contribution in [0.5, 0.6) is 0 Å². The first-order valence-electron chi connectivity index (χ1n) is 6.64. The third-order valence-corrected chi connectivity index (χ3v) is 5.32. The van der Waals surface area contributed by atoms with Crippen molar-refractivity contribution in [1.29, 1.82) is 0 Å². The summed E-state index contributed by atoms with van der Waals surface area (Å²) >= 11 is 0. The quantitative estimate of drug-likeness (QED) is 0.622. The Hall–Kier alpha value is 0.130. The fourth-order valence-corrected chi connectivity index (χ4v) is 2.80. The zero-order valence-corrected chi connectivity index (χ0v) is 11.9. The van der Waals surface area contributed by atoms with Crippen LogP contribution in [0.15, 0.2) is 0 Å². The fraction of sp³-hybridized carbons (Fsp3) is 1.00. The van der Waals surface area contributed by atoms with Crippen LogP contribution in [-0.2, 0) is 0 Å². The van der Waals surface area contributed by atoms with E-state index in [2.05, 4.69) is 50.3 Å². The van der Waals surface area contributed by atoms with Crippen molar-refractivity contribution in [2.45, 2.75) is 59.1 Å². The third kappa shape index (κ3) is 2.82. The molecular formula is C13H28B2. The maximum absolute atomic E-state index is 2.45. The Balaban J connectivity index is 2.49. The van der Waals surface area contributed by atoms with E-state index in [0.717, 1.165) is 17.8 Å². The summed E-state index contributed by atoms with van der Waals surface area (Å²) in [5.74, 6) is 2.87. The molecule has 0 bridgehead atoms. The highest BCUT2D eigenvalue weighted by molar-refractivity contribution is 6.40. The van der Waals surface area contributed by atoms with Crippen LogP contribution >= 0.6 is 0 Å². The van der Waals surface area contributed by atoms with Gasteiger partial charge >= 0.3 is 0 Å². The lowest BCUT2D eigenvalue weighted by molar-refractivity contribution is 0.149. The molecule has 0 aromatic heterocycles.